The first-order chi connectivity index (χ1) is 14.0. The molecule has 0 saturated heterocycles. The van der Waals surface area contributed by atoms with Crippen molar-refractivity contribution in [3.05, 3.63) is 47.9 Å². The number of nitrogens with zero attached hydrogens (tertiary/aromatic N) is 4. The number of rotatable bonds is 6. The average molecular weight is 440 g/mol. The number of sulfone groups is 1. The summed E-state index contributed by atoms with van der Waals surface area (Å²) in [6, 6.07) is 6.14. The van der Waals surface area contributed by atoms with Crippen LogP contribution in [0.2, 0.25) is 0 Å². The Morgan fingerprint density at radius 2 is 1.83 bits per heavy atom. The van der Waals surface area contributed by atoms with E-state index in [0.29, 0.717) is 17.1 Å². The molecular weight excluding hydrogens is 421 g/mol. The molecule has 160 valence electrons. The van der Waals surface area contributed by atoms with Crippen LogP contribution in [0, 0.1) is 6.92 Å². The first-order valence-electron chi connectivity index (χ1n) is 8.81. The van der Waals surface area contributed by atoms with Crippen LogP contribution in [0.4, 0.5) is 30.6 Å². The van der Waals surface area contributed by atoms with Crippen LogP contribution in [-0.4, -0.2) is 41.0 Å². The topological polar surface area (TPSA) is 102 Å². The summed E-state index contributed by atoms with van der Waals surface area (Å²) in [4.78, 5) is 7.87. The lowest BCUT2D eigenvalue weighted by molar-refractivity contribution is -0.137. The van der Waals surface area contributed by atoms with Gasteiger partial charge in [0.25, 0.3) is 0 Å². The van der Waals surface area contributed by atoms with Crippen LogP contribution in [0.25, 0.3) is 5.69 Å². The van der Waals surface area contributed by atoms with Crippen LogP contribution >= 0.6 is 0 Å². The van der Waals surface area contributed by atoms with Crippen molar-refractivity contribution in [3.8, 4) is 5.69 Å². The van der Waals surface area contributed by atoms with Crippen LogP contribution in [0.15, 0.2) is 41.6 Å². The molecule has 3 aromatic rings. The zero-order chi connectivity index (χ0) is 22.1. The largest absolute Gasteiger partial charge is 0.421 e. The van der Waals surface area contributed by atoms with Crippen LogP contribution in [0.3, 0.4) is 0 Å². The second-order valence-electron chi connectivity index (χ2n) is 6.45. The third-order valence-corrected chi connectivity index (χ3v) is 5.24. The molecule has 0 aliphatic rings. The zero-order valence-electron chi connectivity index (χ0n) is 16.3. The molecule has 0 amide bonds. The minimum Gasteiger partial charge on any atom is -0.370 e. The van der Waals surface area contributed by atoms with Crippen molar-refractivity contribution in [2.24, 2.45) is 0 Å². The molecule has 0 bridgehead atoms. The van der Waals surface area contributed by atoms with Gasteiger partial charge in [0.05, 0.1) is 28.2 Å². The Kier molecular flexibility index (Phi) is 5.70. The molecule has 12 heteroatoms. The zero-order valence-corrected chi connectivity index (χ0v) is 17.1. The number of aryl methyl sites for hydroxylation is 1. The van der Waals surface area contributed by atoms with E-state index in [9.17, 15) is 21.6 Å². The molecule has 2 aromatic heterocycles. The normalized spacial score (nSPS) is 12.1. The summed E-state index contributed by atoms with van der Waals surface area (Å²) in [6.07, 6.45) is -1.13. The van der Waals surface area contributed by atoms with Crippen LogP contribution in [-0.2, 0) is 16.0 Å². The van der Waals surface area contributed by atoms with E-state index in [2.05, 4.69) is 25.7 Å². The number of benzene rings is 1. The molecule has 0 fully saturated rings. The van der Waals surface area contributed by atoms with Crippen molar-refractivity contribution in [2.75, 3.05) is 23.4 Å². The van der Waals surface area contributed by atoms with Crippen molar-refractivity contribution >= 4 is 27.3 Å². The van der Waals surface area contributed by atoms with Gasteiger partial charge in [-0.3, -0.25) is 0 Å². The number of hydrogen-bond acceptors (Lipinski definition) is 7. The Morgan fingerprint density at radius 1 is 1.17 bits per heavy atom. The highest BCUT2D eigenvalue weighted by molar-refractivity contribution is 7.90. The van der Waals surface area contributed by atoms with Gasteiger partial charge in [0.2, 0.25) is 5.95 Å². The summed E-state index contributed by atoms with van der Waals surface area (Å²) >= 11 is 0. The molecule has 0 radical (unpaired) electrons. The van der Waals surface area contributed by atoms with Gasteiger partial charge in [0.15, 0.2) is 9.84 Å². The van der Waals surface area contributed by atoms with Gasteiger partial charge >= 0.3 is 6.18 Å². The molecule has 0 unspecified atom stereocenters. The Balaban J connectivity index is 1.88. The van der Waals surface area contributed by atoms with Crippen molar-refractivity contribution in [1.82, 2.24) is 19.7 Å². The second-order valence-corrected chi connectivity index (χ2v) is 8.46. The van der Waals surface area contributed by atoms with Gasteiger partial charge in [0, 0.05) is 19.0 Å². The fourth-order valence-electron chi connectivity index (χ4n) is 2.63. The van der Waals surface area contributed by atoms with E-state index in [1.165, 1.54) is 16.8 Å². The molecule has 0 spiro atoms. The summed E-state index contributed by atoms with van der Waals surface area (Å²) in [5.74, 6) is -0.335. The van der Waals surface area contributed by atoms with Gasteiger partial charge in [-0.05, 0) is 38.1 Å². The number of alkyl halides is 3. The van der Waals surface area contributed by atoms with E-state index in [-0.39, 0.29) is 23.2 Å². The quantitative estimate of drug-likeness (QED) is 0.604. The number of halogens is 3. The minimum absolute atomic E-state index is 0.0194. The molecule has 0 aliphatic heterocycles. The maximum atomic E-state index is 13.1. The summed E-state index contributed by atoms with van der Waals surface area (Å²) in [5, 5.41) is 9.80. The highest BCUT2D eigenvalue weighted by Gasteiger charge is 2.35. The van der Waals surface area contributed by atoms with Gasteiger partial charge < -0.3 is 10.6 Å². The Hall–Kier alpha value is -3.15. The van der Waals surface area contributed by atoms with Gasteiger partial charge in [-0.15, -0.1) is 0 Å². The first kappa shape index (κ1) is 21.6. The lowest BCUT2D eigenvalue weighted by Gasteiger charge is -2.13. The molecule has 0 saturated carbocycles. The lowest BCUT2D eigenvalue weighted by atomic mass is 10.3. The molecular formula is C18H19F3N6O2S. The summed E-state index contributed by atoms with van der Waals surface area (Å²) < 4.78 is 64.0. The molecule has 0 aliphatic carbocycles. The highest BCUT2D eigenvalue weighted by atomic mass is 32.2. The van der Waals surface area contributed by atoms with Crippen molar-refractivity contribution in [3.63, 3.8) is 0 Å². The Morgan fingerprint density at radius 3 is 2.40 bits per heavy atom. The van der Waals surface area contributed by atoms with E-state index in [0.717, 1.165) is 12.5 Å². The monoisotopic (exact) mass is 440 g/mol. The molecule has 2 heterocycles. The number of anilines is 3. The van der Waals surface area contributed by atoms with Gasteiger partial charge in [-0.25, -0.2) is 18.1 Å². The fraction of sp³-hybridized carbons (Fsp3) is 0.278. The predicted octanol–water partition coefficient (Wildman–Crippen LogP) is 3.57. The molecule has 2 N–H and O–H groups in total. The molecule has 3 rings (SSSR count). The SMILES string of the molecule is CCNc1nc(Nc2cn(-c3ccc(S(C)(=O)=O)cc3)nc2C)ncc1C(F)(F)F. The van der Waals surface area contributed by atoms with Gasteiger partial charge in [0.1, 0.15) is 11.4 Å². The smallest absolute Gasteiger partial charge is 0.370 e. The van der Waals surface area contributed by atoms with E-state index in [1.807, 2.05) is 0 Å². The fourth-order valence-corrected chi connectivity index (χ4v) is 3.26. The summed E-state index contributed by atoms with van der Waals surface area (Å²) in [7, 11) is -3.31. The molecule has 30 heavy (non-hydrogen) atoms. The van der Waals surface area contributed by atoms with Crippen LogP contribution < -0.4 is 10.6 Å². The third-order valence-electron chi connectivity index (χ3n) is 4.11. The number of nitrogens with one attached hydrogen (secondary N) is 2. The molecule has 1 aromatic carbocycles. The van der Waals surface area contributed by atoms with Crippen molar-refractivity contribution in [1.29, 1.82) is 0 Å². The number of hydrogen-bond donors (Lipinski definition) is 2. The highest BCUT2D eigenvalue weighted by Crippen LogP contribution is 2.34. The van der Waals surface area contributed by atoms with Crippen molar-refractivity contribution < 1.29 is 21.6 Å². The molecule has 8 nitrogen and oxygen atoms in total. The summed E-state index contributed by atoms with van der Waals surface area (Å²) in [5.41, 5.74) is 0.702. The Bertz CT molecular complexity index is 1160. The van der Waals surface area contributed by atoms with Crippen molar-refractivity contribution in [2.45, 2.75) is 24.9 Å². The van der Waals surface area contributed by atoms with Gasteiger partial charge in [-0.1, -0.05) is 0 Å². The average Bonchev–Trinajstić information content (AvgIpc) is 3.01. The first-order valence-corrected chi connectivity index (χ1v) is 10.7. The van der Waals surface area contributed by atoms with E-state index in [1.54, 1.807) is 32.2 Å². The van der Waals surface area contributed by atoms with E-state index < -0.39 is 21.6 Å². The lowest BCUT2D eigenvalue weighted by Crippen LogP contribution is -2.14. The predicted molar refractivity (Wildman–Crippen MR) is 106 cm³/mol. The number of aromatic nitrogens is 4. The van der Waals surface area contributed by atoms with Crippen LogP contribution in [0.1, 0.15) is 18.2 Å². The van der Waals surface area contributed by atoms with E-state index >= 15 is 0 Å². The standard InChI is InChI=1S/C18H19F3N6O2S/c1-4-22-16-14(18(19,20)21)9-23-17(25-16)24-15-10-27(26-11(15)2)12-5-7-13(8-6-12)30(3,28)29/h5-10H,4H2,1-3H3,(H2,22,23,24,25). The minimum atomic E-state index is -4.57. The summed E-state index contributed by atoms with van der Waals surface area (Å²) in [6.45, 7) is 3.64. The van der Waals surface area contributed by atoms with Gasteiger partial charge in [-0.2, -0.15) is 23.3 Å². The van der Waals surface area contributed by atoms with Crippen LogP contribution in [0.5, 0.6) is 0 Å². The maximum absolute atomic E-state index is 13.1. The third kappa shape index (κ3) is 4.70. The van der Waals surface area contributed by atoms with E-state index in [4.69, 9.17) is 0 Å². The maximum Gasteiger partial charge on any atom is 0.421 e. The molecule has 0 atom stereocenters. The Labute approximate surface area is 171 Å². The second kappa shape index (κ2) is 7.94.